The second kappa shape index (κ2) is 7.81. The Morgan fingerprint density at radius 3 is 2.33 bits per heavy atom. The lowest BCUT2D eigenvalue weighted by Crippen LogP contribution is -2.30. The van der Waals surface area contributed by atoms with Crippen molar-refractivity contribution in [1.82, 2.24) is 5.43 Å². The number of hydrogen-bond acceptors (Lipinski definition) is 3. The van der Waals surface area contributed by atoms with Crippen molar-refractivity contribution in [3.05, 3.63) is 65.2 Å². The van der Waals surface area contributed by atoms with E-state index >= 15 is 0 Å². The molecule has 0 aliphatic rings. The number of benzene rings is 2. The fourth-order valence-electron chi connectivity index (χ4n) is 2.55. The van der Waals surface area contributed by atoms with Gasteiger partial charge in [-0.1, -0.05) is 56.3 Å². The van der Waals surface area contributed by atoms with Crippen LogP contribution in [0, 0.1) is 0 Å². The van der Waals surface area contributed by atoms with Crippen LogP contribution in [0.25, 0.3) is 0 Å². The molecule has 0 saturated carbocycles. The zero-order valence-corrected chi connectivity index (χ0v) is 12.8. The van der Waals surface area contributed by atoms with Crippen molar-refractivity contribution >= 4 is 0 Å². The minimum Gasteiger partial charge on any atom is -0.493 e. The summed E-state index contributed by atoms with van der Waals surface area (Å²) in [5.41, 5.74) is 6.53. The molecule has 0 aliphatic heterocycles. The summed E-state index contributed by atoms with van der Waals surface area (Å²) in [5.74, 6) is 6.75. The highest BCUT2D eigenvalue weighted by atomic mass is 16.5. The largest absolute Gasteiger partial charge is 0.493 e. The number of para-hydroxylation sites is 1. The highest BCUT2D eigenvalue weighted by Gasteiger charge is 2.18. The molecule has 2 rings (SSSR count). The van der Waals surface area contributed by atoms with Gasteiger partial charge in [-0.3, -0.25) is 5.84 Å². The number of ether oxygens (including phenoxy) is 1. The predicted molar refractivity (Wildman–Crippen MR) is 87.2 cm³/mol. The van der Waals surface area contributed by atoms with Gasteiger partial charge in [-0.2, -0.15) is 0 Å². The molecule has 2 aromatic carbocycles. The zero-order chi connectivity index (χ0) is 15.1. The van der Waals surface area contributed by atoms with E-state index in [9.17, 15) is 0 Å². The summed E-state index contributed by atoms with van der Waals surface area (Å²) in [6.45, 7) is 4.98. The number of nitrogens with one attached hydrogen (secondary N) is 1. The molecular formula is C18H24N2O. The average Bonchev–Trinajstić information content (AvgIpc) is 2.55. The first kappa shape index (κ1) is 15.5. The first-order valence-electron chi connectivity index (χ1n) is 7.57. The summed E-state index contributed by atoms with van der Waals surface area (Å²) in [4.78, 5) is 0. The van der Waals surface area contributed by atoms with Crippen LogP contribution in [0.2, 0.25) is 0 Å². The van der Waals surface area contributed by atoms with Gasteiger partial charge in [-0.05, 0) is 30.0 Å². The van der Waals surface area contributed by atoms with Gasteiger partial charge in [0, 0.05) is 5.56 Å². The fraction of sp³-hybridized carbons (Fsp3) is 0.333. The molecule has 2 aromatic rings. The molecule has 1 atom stereocenters. The minimum absolute atomic E-state index is 0.0609. The molecule has 0 radical (unpaired) electrons. The highest BCUT2D eigenvalue weighted by molar-refractivity contribution is 5.44. The number of aryl methyl sites for hydroxylation is 1. The van der Waals surface area contributed by atoms with Crippen LogP contribution < -0.4 is 16.0 Å². The van der Waals surface area contributed by atoms with Crippen molar-refractivity contribution in [2.75, 3.05) is 6.61 Å². The monoisotopic (exact) mass is 284 g/mol. The summed E-state index contributed by atoms with van der Waals surface area (Å²) < 4.78 is 5.87. The molecular weight excluding hydrogens is 260 g/mol. The molecule has 0 spiro atoms. The van der Waals surface area contributed by atoms with Crippen LogP contribution in [0.1, 0.15) is 43.0 Å². The Hall–Kier alpha value is -1.84. The SMILES string of the molecule is CCCOc1ccccc1C(NN)c1ccccc1CC. The third-order valence-corrected chi connectivity index (χ3v) is 3.61. The Labute approximate surface area is 127 Å². The van der Waals surface area contributed by atoms with Crippen LogP contribution in [0.15, 0.2) is 48.5 Å². The summed E-state index contributed by atoms with van der Waals surface area (Å²) >= 11 is 0. The molecule has 112 valence electrons. The van der Waals surface area contributed by atoms with E-state index in [1.807, 2.05) is 24.3 Å². The highest BCUT2D eigenvalue weighted by Crippen LogP contribution is 2.31. The molecule has 3 heteroatoms. The molecule has 0 saturated heterocycles. The van der Waals surface area contributed by atoms with Gasteiger partial charge in [0.15, 0.2) is 0 Å². The second-order valence-electron chi connectivity index (χ2n) is 5.04. The lowest BCUT2D eigenvalue weighted by molar-refractivity contribution is 0.311. The van der Waals surface area contributed by atoms with E-state index in [1.54, 1.807) is 0 Å². The van der Waals surface area contributed by atoms with Crippen LogP contribution in [-0.4, -0.2) is 6.61 Å². The van der Waals surface area contributed by atoms with Gasteiger partial charge in [0.1, 0.15) is 5.75 Å². The Morgan fingerprint density at radius 2 is 1.67 bits per heavy atom. The van der Waals surface area contributed by atoms with Crippen molar-refractivity contribution in [1.29, 1.82) is 0 Å². The van der Waals surface area contributed by atoms with E-state index in [2.05, 4.69) is 43.5 Å². The van der Waals surface area contributed by atoms with Crippen molar-refractivity contribution in [3.8, 4) is 5.75 Å². The van der Waals surface area contributed by atoms with E-state index in [-0.39, 0.29) is 6.04 Å². The van der Waals surface area contributed by atoms with Gasteiger partial charge < -0.3 is 4.74 Å². The molecule has 1 unspecified atom stereocenters. The Balaban J connectivity index is 2.41. The van der Waals surface area contributed by atoms with Crippen LogP contribution in [-0.2, 0) is 6.42 Å². The summed E-state index contributed by atoms with van der Waals surface area (Å²) in [5, 5.41) is 0. The second-order valence-corrected chi connectivity index (χ2v) is 5.04. The molecule has 3 nitrogen and oxygen atoms in total. The summed E-state index contributed by atoms with van der Waals surface area (Å²) in [6, 6.07) is 16.4. The van der Waals surface area contributed by atoms with E-state index in [1.165, 1.54) is 11.1 Å². The standard InChI is InChI=1S/C18H24N2O/c1-3-13-21-17-12-8-7-11-16(17)18(20-19)15-10-6-5-9-14(15)4-2/h5-12,18,20H,3-4,13,19H2,1-2H3. The first-order valence-corrected chi connectivity index (χ1v) is 7.57. The van der Waals surface area contributed by atoms with E-state index in [0.29, 0.717) is 6.61 Å². The molecule has 0 bridgehead atoms. The van der Waals surface area contributed by atoms with Gasteiger partial charge in [-0.25, -0.2) is 5.43 Å². The number of rotatable bonds is 7. The van der Waals surface area contributed by atoms with Gasteiger partial charge in [0.05, 0.1) is 12.6 Å². The van der Waals surface area contributed by atoms with Crippen molar-refractivity contribution in [3.63, 3.8) is 0 Å². The maximum absolute atomic E-state index is 5.87. The Kier molecular flexibility index (Phi) is 5.78. The molecule has 0 fully saturated rings. The van der Waals surface area contributed by atoms with Crippen LogP contribution in [0.3, 0.4) is 0 Å². The fourth-order valence-corrected chi connectivity index (χ4v) is 2.55. The zero-order valence-electron chi connectivity index (χ0n) is 12.8. The Bertz CT molecular complexity index is 569. The average molecular weight is 284 g/mol. The van der Waals surface area contributed by atoms with Crippen molar-refractivity contribution in [2.24, 2.45) is 5.84 Å². The number of hydrogen-bond donors (Lipinski definition) is 2. The van der Waals surface area contributed by atoms with Crippen LogP contribution >= 0.6 is 0 Å². The van der Waals surface area contributed by atoms with Crippen molar-refractivity contribution < 1.29 is 4.74 Å². The van der Waals surface area contributed by atoms with Crippen LogP contribution in [0.5, 0.6) is 5.75 Å². The third kappa shape index (κ3) is 3.63. The smallest absolute Gasteiger partial charge is 0.124 e. The lowest BCUT2D eigenvalue weighted by atomic mass is 9.93. The predicted octanol–water partition coefficient (Wildman–Crippen LogP) is 3.59. The number of nitrogens with two attached hydrogens (primary N) is 1. The molecule has 0 aliphatic carbocycles. The normalized spacial score (nSPS) is 12.1. The molecule has 0 aromatic heterocycles. The van der Waals surface area contributed by atoms with E-state index in [0.717, 1.165) is 24.2 Å². The quantitative estimate of drug-likeness (QED) is 0.603. The van der Waals surface area contributed by atoms with Gasteiger partial charge in [0.25, 0.3) is 0 Å². The molecule has 0 amide bonds. The van der Waals surface area contributed by atoms with E-state index in [4.69, 9.17) is 10.6 Å². The molecule has 0 heterocycles. The Morgan fingerprint density at radius 1 is 1.00 bits per heavy atom. The van der Waals surface area contributed by atoms with Gasteiger partial charge in [-0.15, -0.1) is 0 Å². The molecule has 3 N–H and O–H groups in total. The maximum atomic E-state index is 5.87. The topological polar surface area (TPSA) is 47.3 Å². The van der Waals surface area contributed by atoms with Gasteiger partial charge >= 0.3 is 0 Å². The third-order valence-electron chi connectivity index (χ3n) is 3.61. The van der Waals surface area contributed by atoms with Gasteiger partial charge in [0.2, 0.25) is 0 Å². The minimum atomic E-state index is -0.0609. The number of hydrazine groups is 1. The molecule has 21 heavy (non-hydrogen) atoms. The first-order chi connectivity index (χ1) is 10.3. The lowest BCUT2D eigenvalue weighted by Gasteiger charge is -2.22. The maximum Gasteiger partial charge on any atom is 0.124 e. The summed E-state index contributed by atoms with van der Waals surface area (Å²) in [6.07, 6.45) is 1.97. The van der Waals surface area contributed by atoms with Crippen molar-refractivity contribution in [2.45, 2.75) is 32.7 Å². The van der Waals surface area contributed by atoms with Crippen LogP contribution in [0.4, 0.5) is 0 Å². The summed E-state index contributed by atoms with van der Waals surface area (Å²) in [7, 11) is 0. The van der Waals surface area contributed by atoms with E-state index < -0.39 is 0 Å².